The van der Waals surface area contributed by atoms with E-state index in [1.165, 1.54) is 5.56 Å². The quantitative estimate of drug-likeness (QED) is 0.766. The number of hydrogen-bond acceptors (Lipinski definition) is 3. The zero-order valence-electron chi connectivity index (χ0n) is 8.98. The van der Waals surface area contributed by atoms with E-state index in [4.69, 9.17) is 5.11 Å². The minimum atomic E-state index is -0.0857. The summed E-state index contributed by atoms with van der Waals surface area (Å²) in [4.78, 5) is 8.29. The molecule has 0 unspecified atom stereocenters. The average molecular weight is 204 g/mol. The Balaban J connectivity index is 2.27. The van der Waals surface area contributed by atoms with Crippen LogP contribution in [0, 0.1) is 0 Å². The molecule has 1 aromatic heterocycles. The van der Waals surface area contributed by atoms with E-state index >= 15 is 0 Å². The molecule has 0 atom stereocenters. The van der Waals surface area contributed by atoms with Crippen LogP contribution in [0.25, 0.3) is 0 Å². The van der Waals surface area contributed by atoms with Crippen molar-refractivity contribution < 1.29 is 5.11 Å². The summed E-state index contributed by atoms with van der Waals surface area (Å²) >= 11 is 0. The van der Waals surface area contributed by atoms with Gasteiger partial charge in [0, 0.05) is 17.8 Å². The van der Waals surface area contributed by atoms with E-state index in [1.54, 1.807) is 0 Å². The molecule has 0 fully saturated rings. The molecular formula is C12H16N2O. The molecule has 0 amide bonds. The lowest BCUT2D eigenvalue weighted by Crippen LogP contribution is -2.22. The van der Waals surface area contributed by atoms with Crippen molar-refractivity contribution >= 4 is 0 Å². The maximum Gasteiger partial charge on any atom is 0.153 e. The summed E-state index contributed by atoms with van der Waals surface area (Å²) in [5.41, 5.74) is 1.39. The molecule has 1 N–H and O–H groups in total. The molecule has 0 aromatic carbocycles. The second-order valence-corrected chi connectivity index (χ2v) is 4.06. The lowest BCUT2D eigenvalue weighted by molar-refractivity contribution is 0.270. The van der Waals surface area contributed by atoms with Gasteiger partial charge in [0.1, 0.15) is 6.61 Å². The van der Waals surface area contributed by atoms with Crippen molar-refractivity contribution in [3.8, 4) is 0 Å². The first kappa shape index (κ1) is 10.3. The Hall–Kier alpha value is -1.22. The highest BCUT2D eigenvalue weighted by Gasteiger charge is 2.31. The number of aromatic nitrogens is 2. The summed E-state index contributed by atoms with van der Waals surface area (Å²) in [5, 5.41) is 8.88. The third-order valence-electron chi connectivity index (χ3n) is 3.32. The molecule has 80 valence electrons. The van der Waals surface area contributed by atoms with Crippen LogP contribution in [0.15, 0.2) is 24.5 Å². The molecule has 1 heterocycles. The Morgan fingerprint density at radius 2 is 1.87 bits per heavy atom. The highest BCUT2D eigenvalue weighted by Crippen LogP contribution is 2.39. The monoisotopic (exact) mass is 204 g/mol. The molecule has 1 aliphatic rings. The molecule has 0 radical (unpaired) electrons. The molecule has 0 saturated carbocycles. The highest BCUT2D eigenvalue weighted by atomic mass is 16.3. The van der Waals surface area contributed by atoms with Gasteiger partial charge in [0.05, 0.1) is 0 Å². The van der Waals surface area contributed by atoms with Gasteiger partial charge in [-0.1, -0.05) is 19.1 Å². The first-order chi connectivity index (χ1) is 7.30. The number of aliphatic hydroxyl groups excluding tert-OH is 1. The van der Waals surface area contributed by atoms with E-state index in [-0.39, 0.29) is 12.0 Å². The Kier molecular flexibility index (Phi) is 2.82. The number of allylic oxidation sites excluding steroid dienone is 2. The van der Waals surface area contributed by atoms with Gasteiger partial charge in [-0.25, -0.2) is 9.97 Å². The summed E-state index contributed by atoms with van der Waals surface area (Å²) in [6.07, 6.45) is 11.4. The molecule has 0 aliphatic heterocycles. The van der Waals surface area contributed by atoms with Crippen LogP contribution in [-0.2, 0) is 12.0 Å². The lowest BCUT2D eigenvalue weighted by atomic mass is 9.77. The van der Waals surface area contributed by atoms with Crippen molar-refractivity contribution in [3.05, 3.63) is 35.9 Å². The van der Waals surface area contributed by atoms with Gasteiger partial charge >= 0.3 is 0 Å². The fraction of sp³-hybridized carbons (Fsp3) is 0.500. The van der Waals surface area contributed by atoms with Gasteiger partial charge in [0.15, 0.2) is 5.82 Å². The van der Waals surface area contributed by atoms with Gasteiger partial charge in [-0.15, -0.1) is 0 Å². The Bertz CT molecular complexity index is 348. The SMILES string of the molecule is CCC1(c2cnc(CO)nc2)CC=CC1. The molecule has 15 heavy (non-hydrogen) atoms. The molecule has 2 rings (SSSR count). The smallest absolute Gasteiger partial charge is 0.153 e. The molecular weight excluding hydrogens is 188 g/mol. The predicted octanol–water partition coefficient (Wildman–Crippen LogP) is 1.97. The standard InChI is InChI=1S/C12H16N2O/c1-2-12(5-3-4-6-12)10-7-13-11(9-15)14-8-10/h3-4,7-8,15H,2,5-6,9H2,1H3. The zero-order chi connectivity index (χ0) is 10.7. The van der Waals surface area contributed by atoms with E-state index in [0.717, 1.165) is 19.3 Å². The summed E-state index contributed by atoms with van der Waals surface area (Å²) in [5.74, 6) is 0.496. The molecule has 0 bridgehead atoms. The van der Waals surface area contributed by atoms with Crippen LogP contribution < -0.4 is 0 Å². The van der Waals surface area contributed by atoms with Gasteiger partial charge in [-0.2, -0.15) is 0 Å². The predicted molar refractivity (Wildman–Crippen MR) is 58.3 cm³/mol. The largest absolute Gasteiger partial charge is 0.388 e. The molecule has 1 aromatic rings. The third kappa shape index (κ3) is 1.79. The average Bonchev–Trinajstić information content (AvgIpc) is 2.79. The first-order valence-corrected chi connectivity index (χ1v) is 5.38. The van der Waals surface area contributed by atoms with Crippen molar-refractivity contribution in [2.75, 3.05) is 0 Å². The van der Waals surface area contributed by atoms with Crippen molar-refractivity contribution in [2.45, 2.75) is 38.2 Å². The molecule has 0 spiro atoms. The van der Waals surface area contributed by atoms with Crippen molar-refractivity contribution in [1.82, 2.24) is 9.97 Å². The fourth-order valence-corrected chi connectivity index (χ4v) is 2.14. The van der Waals surface area contributed by atoms with E-state index < -0.39 is 0 Å². The molecule has 1 aliphatic carbocycles. The van der Waals surface area contributed by atoms with Crippen LogP contribution in [0.1, 0.15) is 37.6 Å². The second kappa shape index (κ2) is 4.11. The highest BCUT2D eigenvalue weighted by molar-refractivity contribution is 5.25. The molecule has 3 nitrogen and oxygen atoms in total. The Morgan fingerprint density at radius 1 is 1.27 bits per heavy atom. The van der Waals surface area contributed by atoms with Crippen molar-refractivity contribution in [3.63, 3.8) is 0 Å². The minimum absolute atomic E-state index is 0.0857. The molecule has 0 saturated heterocycles. The topological polar surface area (TPSA) is 46.0 Å². The van der Waals surface area contributed by atoms with Crippen LogP contribution in [-0.4, -0.2) is 15.1 Å². The summed E-state index contributed by atoms with van der Waals surface area (Å²) < 4.78 is 0. The van der Waals surface area contributed by atoms with Crippen LogP contribution >= 0.6 is 0 Å². The van der Waals surface area contributed by atoms with Crippen LogP contribution in [0.4, 0.5) is 0 Å². The van der Waals surface area contributed by atoms with E-state index in [2.05, 4.69) is 29.0 Å². The fourth-order valence-electron chi connectivity index (χ4n) is 2.14. The van der Waals surface area contributed by atoms with Gasteiger partial charge in [-0.3, -0.25) is 0 Å². The summed E-state index contributed by atoms with van der Waals surface area (Å²) in [6, 6.07) is 0. The maximum atomic E-state index is 8.88. The van der Waals surface area contributed by atoms with Crippen LogP contribution in [0.5, 0.6) is 0 Å². The number of rotatable bonds is 3. The Morgan fingerprint density at radius 3 is 2.33 bits per heavy atom. The first-order valence-electron chi connectivity index (χ1n) is 5.38. The number of nitrogens with zero attached hydrogens (tertiary/aromatic N) is 2. The third-order valence-corrected chi connectivity index (χ3v) is 3.32. The van der Waals surface area contributed by atoms with Crippen molar-refractivity contribution in [2.24, 2.45) is 0 Å². The summed E-state index contributed by atoms with van der Waals surface area (Å²) in [7, 11) is 0. The van der Waals surface area contributed by atoms with E-state index in [0.29, 0.717) is 5.82 Å². The van der Waals surface area contributed by atoms with Gasteiger partial charge in [-0.05, 0) is 24.8 Å². The van der Waals surface area contributed by atoms with Crippen LogP contribution in [0.3, 0.4) is 0 Å². The van der Waals surface area contributed by atoms with E-state index in [9.17, 15) is 0 Å². The number of hydrogen-bond donors (Lipinski definition) is 1. The van der Waals surface area contributed by atoms with Gasteiger partial charge < -0.3 is 5.11 Å². The van der Waals surface area contributed by atoms with Crippen molar-refractivity contribution in [1.29, 1.82) is 0 Å². The zero-order valence-corrected chi connectivity index (χ0v) is 8.98. The molecule has 3 heteroatoms. The van der Waals surface area contributed by atoms with E-state index in [1.807, 2.05) is 12.4 Å². The summed E-state index contributed by atoms with van der Waals surface area (Å²) in [6.45, 7) is 2.12. The second-order valence-electron chi connectivity index (χ2n) is 4.06. The maximum absolute atomic E-state index is 8.88. The van der Waals surface area contributed by atoms with Gasteiger partial charge in [0.25, 0.3) is 0 Å². The number of aliphatic hydroxyl groups is 1. The minimum Gasteiger partial charge on any atom is -0.388 e. The van der Waals surface area contributed by atoms with Crippen LogP contribution in [0.2, 0.25) is 0 Å². The normalized spacial score (nSPS) is 18.3. The Labute approximate surface area is 89.9 Å². The lowest BCUT2D eigenvalue weighted by Gasteiger charge is -2.27. The van der Waals surface area contributed by atoms with Gasteiger partial charge in [0.2, 0.25) is 0 Å².